The first kappa shape index (κ1) is 12.3. The zero-order valence-electron chi connectivity index (χ0n) is 10.7. The van der Waals surface area contributed by atoms with Crippen molar-refractivity contribution in [3.8, 4) is 0 Å². The third-order valence-corrected chi connectivity index (χ3v) is 2.83. The number of aromatic nitrogens is 4. The average molecular weight is 247 g/mol. The molecule has 0 aliphatic heterocycles. The number of rotatable bonds is 4. The summed E-state index contributed by atoms with van der Waals surface area (Å²) in [6.45, 7) is 4.10. The Balaban J connectivity index is 2.18. The van der Waals surface area contributed by atoms with E-state index < -0.39 is 0 Å². The summed E-state index contributed by atoms with van der Waals surface area (Å²) < 4.78 is 1.91. The summed E-state index contributed by atoms with van der Waals surface area (Å²) in [6.07, 6.45) is 6.59. The Hall–Kier alpha value is -2.11. The van der Waals surface area contributed by atoms with Crippen molar-refractivity contribution >= 4 is 5.91 Å². The molecule has 0 aromatic carbocycles. The van der Waals surface area contributed by atoms with Crippen LogP contribution in [0.25, 0.3) is 0 Å². The molecule has 0 saturated heterocycles. The van der Waals surface area contributed by atoms with E-state index in [2.05, 4.69) is 20.3 Å². The summed E-state index contributed by atoms with van der Waals surface area (Å²) in [5.41, 5.74) is 0.454. The van der Waals surface area contributed by atoms with Crippen LogP contribution in [0.2, 0.25) is 0 Å². The molecule has 0 aliphatic rings. The SMILES string of the molecule is CC(C)[C@H](NC(=O)c1cnc[nH]1)c1nccn1C. The standard InChI is InChI=1S/C12H17N5O/c1-8(2)10(11-14-4-5-17(11)3)16-12(18)9-6-13-7-15-9/h4-8,10H,1-3H3,(H,13,15)(H,16,18)/t10-/m0/s1. The first-order valence-electron chi connectivity index (χ1n) is 5.86. The van der Waals surface area contributed by atoms with Crippen molar-refractivity contribution in [2.75, 3.05) is 0 Å². The highest BCUT2D eigenvalue weighted by Crippen LogP contribution is 2.19. The molecule has 2 rings (SSSR count). The Morgan fingerprint density at radius 2 is 2.28 bits per heavy atom. The average Bonchev–Trinajstić information content (AvgIpc) is 2.96. The number of H-pyrrole nitrogens is 1. The Labute approximate surface area is 105 Å². The number of amides is 1. The number of carbonyl (C=O) groups excluding carboxylic acids is 1. The molecule has 6 nitrogen and oxygen atoms in total. The van der Waals surface area contributed by atoms with Crippen LogP contribution in [0.4, 0.5) is 0 Å². The van der Waals surface area contributed by atoms with E-state index in [-0.39, 0.29) is 17.9 Å². The van der Waals surface area contributed by atoms with E-state index in [9.17, 15) is 4.79 Å². The van der Waals surface area contributed by atoms with Crippen LogP contribution in [0, 0.1) is 5.92 Å². The van der Waals surface area contributed by atoms with Crippen LogP contribution in [0.1, 0.15) is 36.2 Å². The molecular weight excluding hydrogens is 230 g/mol. The second-order valence-corrected chi connectivity index (χ2v) is 4.56. The van der Waals surface area contributed by atoms with Crippen molar-refractivity contribution in [2.45, 2.75) is 19.9 Å². The smallest absolute Gasteiger partial charge is 0.269 e. The fourth-order valence-electron chi connectivity index (χ4n) is 1.81. The minimum absolute atomic E-state index is 0.124. The molecule has 0 bridgehead atoms. The topological polar surface area (TPSA) is 75.6 Å². The maximum Gasteiger partial charge on any atom is 0.269 e. The zero-order valence-corrected chi connectivity index (χ0v) is 10.7. The quantitative estimate of drug-likeness (QED) is 0.854. The van der Waals surface area contributed by atoms with Gasteiger partial charge in [-0.05, 0) is 5.92 Å². The molecule has 0 aliphatic carbocycles. The van der Waals surface area contributed by atoms with Crippen LogP contribution in [0.5, 0.6) is 0 Å². The minimum Gasteiger partial charge on any atom is -0.341 e. The summed E-state index contributed by atoms with van der Waals surface area (Å²) in [6, 6.07) is -0.124. The predicted molar refractivity (Wildman–Crippen MR) is 66.8 cm³/mol. The molecule has 0 radical (unpaired) electrons. The van der Waals surface area contributed by atoms with Crippen LogP contribution in [0.3, 0.4) is 0 Å². The van der Waals surface area contributed by atoms with Gasteiger partial charge in [-0.2, -0.15) is 0 Å². The van der Waals surface area contributed by atoms with Crippen LogP contribution in [-0.2, 0) is 7.05 Å². The van der Waals surface area contributed by atoms with Crippen molar-refractivity contribution in [2.24, 2.45) is 13.0 Å². The Kier molecular flexibility index (Phi) is 3.45. The third kappa shape index (κ3) is 2.42. The van der Waals surface area contributed by atoms with Gasteiger partial charge in [-0.15, -0.1) is 0 Å². The molecule has 96 valence electrons. The highest BCUT2D eigenvalue weighted by atomic mass is 16.2. The fraction of sp³-hybridized carbons (Fsp3) is 0.417. The highest BCUT2D eigenvalue weighted by Gasteiger charge is 2.22. The molecule has 2 aromatic rings. The number of nitrogens with one attached hydrogen (secondary N) is 2. The van der Waals surface area contributed by atoms with Crippen molar-refractivity contribution in [3.05, 3.63) is 36.4 Å². The van der Waals surface area contributed by atoms with Gasteiger partial charge in [-0.25, -0.2) is 9.97 Å². The molecule has 0 spiro atoms. The molecule has 2 aromatic heterocycles. The summed E-state index contributed by atoms with van der Waals surface area (Å²) in [5, 5.41) is 2.97. The lowest BCUT2D eigenvalue weighted by Gasteiger charge is -2.21. The van der Waals surface area contributed by atoms with E-state index in [1.54, 1.807) is 6.20 Å². The number of imidazole rings is 2. The summed E-state index contributed by atoms with van der Waals surface area (Å²) in [5.74, 6) is 0.921. The minimum atomic E-state index is -0.172. The molecule has 2 heterocycles. The Bertz CT molecular complexity index is 514. The van der Waals surface area contributed by atoms with Gasteiger partial charge in [-0.3, -0.25) is 4.79 Å². The van der Waals surface area contributed by atoms with Crippen LogP contribution in [0.15, 0.2) is 24.9 Å². The number of aromatic amines is 1. The molecule has 0 fully saturated rings. The van der Waals surface area contributed by atoms with Gasteiger partial charge >= 0.3 is 0 Å². The molecular formula is C12H17N5O. The molecule has 1 atom stereocenters. The summed E-state index contributed by atoms with van der Waals surface area (Å²) >= 11 is 0. The van der Waals surface area contributed by atoms with Crippen molar-refractivity contribution in [3.63, 3.8) is 0 Å². The number of nitrogens with zero attached hydrogens (tertiary/aromatic N) is 3. The van der Waals surface area contributed by atoms with Gasteiger partial charge < -0.3 is 14.9 Å². The molecule has 1 amide bonds. The molecule has 2 N–H and O–H groups in total. The van der Waals surface area contributed by atoms with Gasteiger partial charge in [0.1, 0.15) is 11.5 Å². The van der Waals surface area contributed by atoms with Gasteiger partial charge in [-0.1, -0.05) is 13.8 Å². The lowest BCUT2D eigenvalue weighted by molar-refractivity contribution is 0.0918. The van der Waals surface area contributed by atoms with Crippen molar-refractivity contribution < 1.29 is 4.79 Å². The van der Waals surface area contributed by atoms with E-state index in [0.29, 0.717) is 5.69 Å². The van der Waals surface area contributed by atoms with Gasteiger partial charge in [0.15, 0.2) is 0 Å². The number of carbonyl (C=O) groups is 1. The molecule has 18 heavy (non-hydrogen) atoms. The summed E-state index contributed by atoms with van der Waals surface area (Å²) in [4.78, 5) is 22.9. The van der Waals surface area contributed by atoms with Gasteiger partial charge in [0, 0.05) is 19.4 Å². The van der Waals surface area contributed by atoms with Crippen LogP contribution < -0.4 is 5.32 Å². The summed E-state index contributed by atoms with van der Waals surface area (Å²) in [7, 11) is 1.92. The van der Waals surface area contributed by atoms with E-state index in [0.717, 1.165) is 5.82 Å². The number of hydrogen-bond donors (Lipinski definition) is 2. The number of hydrogen-bond acceptors (Lipinski definition) is 3. The lowest BCUT2D eigenvalue weighted by atomic mass is 10.0. The van der Waals surface area contributed by atoms with E-state index in [1.807, 2.05) is 31.7 Å². The van der Waals surface area contributed by atoms with E-state index in [1.165, 1.54) is 12.5 Å². The molecule has 0 unspecified atom stereocenters. The van der Waals surface area contributed by atoms with E-state index in [4.69, 9.17) is 0 Å². The van der Waals surface area contributed by atoms with Gasteiger partial charge in [0.25, 0.3) is 5.91 Å². The maximum atomic E-state index is 12.0. The lowest BCUT2D eigenvalue weighted by Crippen LogP contribution is -2.33. The highest BCUT2D eigenvalue weighted by molar-refractivity contribution is 5.92. The van der Waals surface area contributed by atoms with Crippen LogP contribution in [-0.4, -0.2) is 25.4 Å². The molecule has 0 saturated carbocycles. The third-order valence-electron chi connectivity index (χ3n) is 2.83. The normalized spacial score (nSPS) is 12.7. The fourth-order valence-corrected chi connectivity index (χ4v) is 1.81. The largest absolute Gasteiger partial charge is 0.341 e. The Morgan fingerprint density at radius 1 is 1.50 bits per heavy atom. The first-order valence-corrected chi connectivity index (χ1v) is 5.86. The van der Waals surface area contributed by atoms with Crippen molar-refractivity contribution in [1.29, 1.82) is 0 Å². The maximum absolute atomic E-state index is 12.0. The predicted octanol–water partition coefficient (Wildman–Crippen LogP) is 1.27. The first-order chi connectivity index (χ1) is 8.59. The Morgan fingerprint density at radius 3 is 2.78 bits per heavy atom. The molecule has 6 heteroatoms. The monoisotopic (exact) mass is 247 g/mol. The van der Waals surface area contributed by atoms with Gasteiger partial charge in [0.2, 0.25) is 0 Å². The van der Waals surface area contributed by atoms with E-state index >= 15 is 0 Å². The zero-order chi connectivity index (χ0) is 13.1. The van der Waals surface area contributed by atoms with Crippen LogP contribution >= 0.6 is 0 Å². The van der Waals surface area contributed by atoms with Crippen molar-refractivity contribution in [1.82, 2.24) is 24.8 Å². The van der Waals surface area contributed by atoms with Gasteiger partial charge in [0.05, 0.1) is 18.6 Å². The second kappa shape index (κ2) is 5.03. The second-order valence-electron chi connectivity index (χ2n) is 4.56. The number of aryl methyl sites for hydroxylation is 1.